The zero-order valence-corrected chi connectivity index (χ0v) is 15.0. The first-order valence-corrected chi connectivity index (χ1v) is 9.11. The van der Waals surface area contributed by atoms with Gasteiger partial charge < -0.3 is 14.2 Å². The van der Waals surface area contributed by atoms with Gasteiger partial charge in [-0.3, -0.25) is 9.59 Å². The number of esters is 1. The molecule has 2 heterocycles. The van der Waals surface area contributed by atoms with Crippen LogP contribution in [0.1, 0.15) is 66.3 Å². The third kappa shape index (κ3) is 3.78. The third-order valence-corrected chi connectivity index (χ3v) is 5.51. The van der Waals surface area contributed by atoms with Crippen LogP contribution in [0.15, 0.2) is 12.3 Å². The SMILES string of the molecule is CC(=O)c1cc(C(=O)OCC(=O)N2CCC[C@H]3CCCC[C@@H]32)n(C)c1. The van der Waals surface area contributed by atoms with E-state index < -0.39 is 5.97 Å². The number of hydrogen-bond acceptors (Lipinski definition) is 4. The molecule has 6 nitrogen and oxygen atoms in total. The lowest BCUT2D eigenvalue weighted by molar-refractivity contribution is -0.140. The molecule has 1 aliphatic carbocycles. The molecule has 3 rings (SSSR count). The lowest BCUT2D eigenvalue weighted by Crippen LogP contribution is -2.50. The van der Waals surface area contributed by atoms with E-state index in [4.69, 9.17) is 4.74 Å². The Morgan fingerprint density at radius 1 is 1.16 bits per heavy atom. The van der Waals surface area contributed by atoms with Crippen molar-refractivity contribution in [3.8, 4) is 0 Å². The fourth-order valence-corrected chi connectivity index (χ4v) is 4.18. The number of piperidine rings is 1. The molecule has 136 valence electrons. The van der Waals surface area contributed by atoms with Crippen LogP contribution < -0.4 is 0 Å². The zero-order chi connectivity index (χ0) is 18.0. The number of ketones is 1. The summed E-state index contributed by atoms with van der Waals surface area (Å²) in [5, 5.41) is 0. The van der Waals surface area contributed by atoms with Crippen molar-refractivity contribution in [1.29, 1.82) is 0 Å². The van der Waals surface area contributed by atoms with E-state index in [1.807, 2.05) is 4.90 Å². The predicted molar refractivity (Wildman–Crippen MR) is 92.4 cm³/mol. The Labute approximate surface area is 148 Å². The quantitative estimate of drug-likeness (QED) is 0.621. The maximum atomic E-state index is 12.6. The van der Waals surface area contributed by atoms with Gasteiger partial charge in [-0.2, -0.15) is 0 Å². The van der Waals surface area contributed by atoms with Gasteiger partial charge in [-0.15, -0.1) is 0 Å². The Morgan fingerprint density at radius 2 is 1.88 bits per heavy atom. The fraction of sp³-hybridized carbons (Fsp3) is 0.632. The number of amides is 1. The molecule has 6 heteroatoms. The number of Topliss-reactive ketones (excluding diaryl/α,β-unsaturated/α-hetero) is 1. The van der Waals surface area contributed by atoms with E-state index in [9.17, 15) is 14.4 Å². The average molecular weight is 346 g/mol. The summed E-state index contributed by atoms with van der Waals surface area (Å²) in [6, 6.07) is 1.82. The number of likely N-dealkylation sites (tertiary alicyclic amines) is 1. The summed E-state index contributed by atoms with van der Waals surface area (Å²) >= 11 is 0. The number of fused-ring (bicyclic) bond motifs is 1. The number of carbonyl (C=O) groups is 3. The summed E-state index contributed by atoms with van der Waals surface area (Å²) in [6.45, 7) is 1.98. The molecule has 1 aromatic rings. The number of aromatic nitrogens is 1. The molecule has 1 saturated carbocycles. The minimum absolute atomic E-state index is 0.106. The van der Waals surface area contributed by atoms with E-state index in [2.05, 4.69) is 0 Å². The van der Waals surface area contributed by atoms with Gasteiger partial charge in [-0.1, -0.05) is 12.8 Å². The second-order valence-corrected chi connectivity index (χ2v) is 7.20. The molecule has 1 aliphatic heterocycles. The minimum Gasteiger partial charge on any atom is -0.451 e. The Bertz CT molecular complexity index is 677. The summed E-state index contributed by atoms with van der Waals surface area (Å²) in [5.74, 6) is -0.179. The first kappa shape index (κ1) is 17.7. The van der Waals surface area contributed by atoms with Crippen LogP contribution in [-0.2, 0) is 16.6 Å². The molecule has 2 atom stereocenters. The molecule has 1 amide bonds. The van der Waals surface area contributed by atoms with Crippen molar-refractivity contribution in [1.82, 2.24) is 9.47 Å². The Morgan fingerprint density at radius 3 is 2.60 bits per heavy atom. The van der Waals surface area contributed by atoms with Crippen molar-refractivity contribution in [3.63, 3.8) is 0 Å². The molecule has 2 fully saturated rings. The van der Waals surface area contributed by atoms with Gasteiger partial charge in [0.05, 0.1) is 0 Å². The number of aryl methyl sites for hydroxylation is 1. The van der Waals surface area contributed by atoms with Gasteiger partial charge in [0, 0.05) is 31.4 Å². The highest BCUT2D eigenvalue weighted by molar-refractivity contribution is 5.98. The van der Waals surface area contributed by atoms with Crippen LogP contribution in [0.25, 0.3) is 0 Å². The second-order valence-electron chi connectivity index (χ2n) is 7.20. The molecule has 0 radical (unpaired) electrons. The van der Waals surface area contributed by atoms with Crippen LogP contribution in [0.2, 0.25) is 0 Å². The summed E-state index contributed by atoms with van der Waals surface area (Å²) in [4.78, 5) is 38.2. The maximum Gasteiger partial charge on any atom is 0.355 e. The highest BCUT2D eigenvalue weighted by Gasteiger charge is 2.35. The van der Waals surface area contributed by atoms with E-state index in [-0.39, 0.29) is 24.0 Å². The lowest BCUT2D eigenvalue weighted by atomic mass is 9.78. The Kier molecular flexibility index (Phi) is 5.25. The molecule has 0 aromatic carbocycles. The summed E-state index contributed by atoms with van der Waals surface area (Å²) in [7, 11) is 1.68. The van der Waals surface area contributed by atoms with Crippen molar-refractivity contribution in [2.24, 2.45) is 13.0 Å². The third-order valence-electron chi connectivity index (χ3n) is 5.51. The van der Waals surface area contributed by atoms with Crippen LogP contribution >= 0.6 is 0 Å². The maximum absolute atomic E-state index is 12.6. The van der Waals surface area contributed by atoms with E-state index in [1.165, 1.54) is 38.7 Å². The summed E-state index contributed by atoms with van der Waals surface area (Å²) in [6.07, 6.45) is 8.51. The van der Waals surface area contributed by atoms with Gasteiger partial charge in [0.15, 0.2) is 12.4 Å². The molecule has 1 saturated heterocycles. The first-order chi connectivity index (χ1) is 12.0. The largest absolute Gasteiger partial charge is 0.451 e. The monoisotopic (exact) mass is 346 g/mol. The molecular weight excluding hydrogens is 320 g/mol. The topological polar surface area (TPSA) is 68.6 Å². The number of hydrogen-bond donors (Lipinski definition) is 0. The van der Waals surface area contributed by atoms with Gasteiger partial charge in [0.2, 0.25) is 0 Å². The van der Waals surface area contributed by atoms with Crippen LogP contribution in [0, 0.1) is 5.92 Å². The van der Waals surface area contributed by atoms with Crippen LogP contribution in [0.4, 0.5) is 0 Å². The zero-order valence-electron chi connectivity index (χ0n) is 15.0. The lowest BCUT2D eigenvalue weighted by Gasteiger charge is -2.44. The van der Waals surface area contributed by atoms with E-state index in [0.29, 0.717) is 17.5 Å². The molecule has 2 aliphatic rings. The van der Waals surface area contributed by atoms with Crippen molar-refractivity contribution >= 4 is 17.7 Å². The van der Waals surface area contributed by atoms with Gasteiger partial charge in [-0.05, 0) is 44.6 Å². The summed E-state index contributed by atoms with van der Waals surface area (Å²) < 4.78 is 6.79. The van der Waals surface area contributed by atoms with Gasteiger partial charge in [0.1, 0.15) is 5.69 Å². The molecule has 0 spiro atoms. The highest BCUT2D eigenvalue weighted by atomic mass is 16.5. The van der Waals surface area contributed by atoms with E-state index in [1.54, 1.807) is 17.8 Å². The molecular formula is C19H26N2O4. The van der Waals surface area contributed by atoms with Gasteiger partial charge in [0.25, 0.3) is 5.91 Å². The second kappa shape index (κ2) is 7.42. The molecule has 25 heavy (non-hydrogen) atoms. The minimum atomic E-state index is -0.569. The normalized spacial score (nSPS) is 23.0. The van der Waals surface area contributed by atoms with Gasteiger partial charge in [-0.25, -0.2) is 4.79 Å². The van der Waals surface area contributed by atoms with E-state index >= 15 is 0 Å². The summed E-state index contributed by atoms with van der Waals surface area (Å²) in [5.41, 5.74) is 0.744. The average Bonchev–Trinajstić information content (AvgIpc) is 3.01. The molecule has 1 aromatic heterocycles. The van der Waals surface area contributed by atoms with Crippen LogP contribution in [0.3, 0.4) is 0 Å². The van der Waals surface area contributed by atoms with Gasteiger partial charge >= 0.3 is 5.97 Å². The Hall–Kier alpha value is -2.11. The van der Waals surface area contributed by atoms with Crippen LogP contribution in [-0.4, -0.2) is 46.3 Å². The molecule has 0 bridgehead atoms. The number of nitrogens with zero attached hydrogens (tertiary/aromatic N) is 2. The Balaban J connectivity index is 1.60. The van der Waals surface area contributed by atoms with Crippen molar-refractivity contribution in [2.45, 2.75) is 51.5 Å². The van der Waals surface area contributed by atoms with E-state index in [0.717, 1.165) is 19.4 Å². The fourth-order valence-electron chi connectivity index (χ4n) is 4.18. The van der Waals surface area contributed by atoms with Crippen molar-refractivity contribution in [2.75, 3.05) is 13.2 Å². The van der Waals surface area contributed by atoms with Crippen molar-refractivity contribution in [3.05, 3.63) is 23.5 Å². The van der Waals surface area contributed by atoms with Crippen molar-refractivity contribution < 1.29 is 19.1 Å². The number of rotatable bonds is 4. The molecule has 0 unspecified atom stereocenters. The first-order valence-electron chi connectivity index (χ1n) is 9.11. The van der Waals surface area contributed by atoms with Crippen LogP contribution in [0.5, 0.6) is 0 Å². The number of carbonyl (C=O) groups excluding carboxylic acids is 3. The standard InChI is InChI=1S/C19H26N2O4/c1-13(22)15-10-17(20(2)11-15)19(24)25-12-18(23)21-9-5-7-14-6-3-4-8-16(14)21/h10-11,14,16H,3-9,12H2,1-2H3/t14-,16+/m1/s1. The smallest absolute Gasteiger partial charge is 0.355 e. The number of ether oxygens (including phenoxy) is 1. The molecule has 0 N–H and O–H groups in total. The predicted octanol–water partition coefficient (Wildman–Crippen LogP) is 2.57. The highest BCUT2D eigenvalue weighted by Crippen LogP contribution is 2.35.